The van der Waals surface area contributed by atoms with Crippen LogP contribution in [0.1, 0.15) is 52.9 Å². The van der Waals surface area contributed by atoms with Gasteiger partial charge in [0.25, 0.3) is 0 Å². The van der Waals surface area contributed by atoms with Crippen molar-refractivity contribution in [2.75, 3.05) is 0 Å². The highest BCUT2D eigenvalue weighted by atomic mass is 16.1. The minimum atomic E-state index is 0.0662. The Morgan fingerprint density at radius 3 is 2.23 bits per heavy atom. The van der Waals surface area contributed by atoms with Crippen LogP contribution < -0.4 is 0 Å². The highest BCUT2D eigenvalue weighted by Crippen LogP contribution is 2.43. The van der Waals surface area contributed by atoms with Gasteiger partial charge in [-0.05, 0) is 46.5 Å². The minimum Gasteiger partial charge on any atom is -0.303 e. The van der Waals surface area contributed by atoms with Gasteiger partial charge in [0.15, 0.2) is 0 Å². The van der Waals surface area contributed by atoms with Gasteiger partial charge in [-0.15, -0.1) is 0 Å². The summed E-state index contributed by atoms with van der Waals surface area (Å²) < 4.78 is 0. The Morgan fingerprint density at radius 2 is 1.92 bits per heavy atom. The van der Waals surface area contributed by atoms with Crippen LogP contribution in [0.25, 0.3) is 0 Å². The third kappa shape index (κ3) is 2.43. The van der Waals surface area contributed by atoms with Crippen LogP contribution in [0.2, 0.25) is 0 Å². The molecule has 1 aliphatic rings. The van der Waals surface area contributed by atoms with E-state index in [1.165, 1.54) is 23.9 Å². The second-order valence-corrected chi connectivity index (χ2v) is 4.61. The molecule has 0 spiro atoms. The monoisotopic (exact) mass is 180 g/mol. The third-order valence-corrected chi connectivity index (χ3v) is 3.45. The van der Waals surface area contributed by atoms with Crippen molar-refractivity contribution in [1.29, 1.82) is 0 Å². The zero-order chi connectivity index (χ0) is 9.90. The lowest BCUT2D eigenvalue weighted by molar-refractivity contribution is -0.120. The summed E-state index contributed by atoms with van der Waals surface area (Å²) in [6, 6.07) is 0. The Hall–Kier alpha value is -0.590. The van der Waals surface area contributed by atoms with Crippen molar-refractivity contribution in [2.24, 2.45) is 5.41 Å². The lowest BCUT2D eigenvalue weighted by atomic mass is 9.67. The number of carbonyl (C=O) groups excluding carboxylic acids is 1. The van der Waals surface area contributed by atoms with Crippen molar-refractivity contribution in [2.45, 2.75) is 52.9 Å². The average Bonchev–Trinajstić information content (AvgIpc) is 2.02. The van der Waals surface area contributed by atoms with Crippen LogP contribution in [-0.2, 0) is 4.79 Å². The lowest BCUT2D eigenvalue weighted by Crippen LogP contribution is -2.30. The van der Waals surface area contributed by atoms with Gasteiger partial charge in [-0.1, -0.05) is 17.6 Å². The van der Waals surface area contributed by atoms with Crippen LogP contribution in [0.4, 0.5) is 0 Å². The molecule has 1 rings (SSSR count). The Labute approximate surface area is 81.2 Å². The fourth-order valence-corrected chi connectivity index (χ4v) is 1.74. The van der Waals surface area contributed by atoms with Crippen LogP contribution in [0.5, 0.6) is 0 Å². The standard InChI is InChI=1S/C12H20O/c1-10(2)11(3)5-8-12(9-13)6-4-7-12/h9H,4-8H2,1-3H3. The number of rotatable bonds is 4. The molecule has 0 N–H and O–H groups in total. The summed E-state index contributed by atoms with van der Waals surface area (Å²) in [6.45, 7) is 6.46. The molecule has 0 aliphatic heterocycles. The van der Waals surface area contributed by atoms with Gasteiger partial charge >= 0.3 is 0 Å². The summed E-state index contributed by atoms with van der Waals surface area (Å²) in [7, 11) is 0. The van der Waals surface area contributed by atoms with Crippen molar-refractivity contribution in [3.8, 4) is 0 Å². The molecule has 0 saturated heterocycles. The van der Waals surface area contributed by atoms with Gasteiger partial charge in [0.05, 0.1) is 0 Å². The van der Waals surface area contributed by atoms with E-state index in [1.807, 2.05) is 0 Å². The molecule has 1 saturated carbocycles. The highest BCUT2D eigenvalue weighted by Gasteiger charge is 2.35. The Balaban J connectivity index is 2.41. The van der Waals surface area contributed by atoms with Crippen molar-refractivity contribution < 1.29 is 4.79 Å². The van der Waals surface area contributed by atoms with Crippen LogP contribution in [0.15, 0.2) is 11.1 Å². The second kappa shape index (κ2) is 4.08. The number of carbonyl (C=O) groups is 1. The summed E-state index contributed by atoms with van der Waals surface area (Å²) >= 11 is 0. The SMILES string of the molecule is CC(C)=C(C)CCC1(C=O)CCC1. The number of hydrogen-bond acceptors (Lipinski definition) is 1. The topological polar surface area (TPSA) is 17.1 Å². The minimum absolute atomic E-state index is 0.0662. The van der Waals surface area contributed by atoms with Crippen molar-refractivity contribution in [3.63, 3.8) is 0 Å². The predicted octanol–water partition coefficient (Wildman–Crippen LogP) is 3.49. The maximum absolute atomic E-state index is 10.9. The molecule has 0 heterocycles. The van der Waals surface area contributed by atoms with E-state index in [2.05, 4.69) is 20.8 Å². The van der Waals surface area contributed by atoms with Gasteiger partial charge in [0.1, 0.15) is 6.29 Å². The number of allylic oxidation sites excluding steroid dienone is 2. The molecule has 74 valence electrons. The first-order valence-corrected chi connectivity index (χ1v) is 5.19. The van der Waals surface area contributed by atoms with E-state index in [-0.39, 0.29) is 5.41 Å². The molecule has 0 aromatic carbocycles. The average molecular weight is 180 g/mol. The molecule has 0 bridgehead atoms. The Morgan fingerprint density at radius 1 is 1.31 bits per heavy atom. The van der Waals surface area contributed by atoms with E-state index in [0.717, 1.165) is 25.7 Å². The highest BCUT2D eigenvalue weighted by molar-refractivity contribution is 5.60. The first kappa shape index (κ1) is 10.5. The first-order chi connectivity index (χ1) is 6.09. The molecule has 1 fully saturated rings. The van der Waals surface area contributed by atoms with Crippen molar-refractivity contribution >= 4 is 6.29 Å². The molecule has 0 amide bonds. The number of aldehydes is 1. The summed E-state index contributed by atoms with van der Waals surface area (Å²) in [5.41, 5.74) is 2.92. The maximum Gasteiger partial charge on any atom is 0.126 e. The largest absolute Gasteiger partial charge is 0.303 e. The molecule has 1 aliphatic carbocycles. The quantitative estimate of drug-likeness (QED) is 0.478. The Bertz CT molecular complexity index is 217. The van der Waals surface area contributed by atoms with E-state index in [1.54, 1.807) is 0 Å². The second-order valence-electron chi connectivity index (χ2n) is 4.61. The first-order valence-electron chi connectivity index (χ1n) is 5.19. The van der Waals surface area contributed by atoms with Gasteiger partial charge in [-0.25, -0.2) is 0 Å². The summed E-state index contributed by atoms with van der Waals surface area (Å²) in [5.74, 6) is 0. The molecule has 13 heavy (non-hydrogen) atoms. The zero-order valence-corrected chi connectivity index (χ0v) is 9.02. The normalized spacial score (nSPS) is 19.0. The van der Waals surface area contributed by atoms with E-state index in [4.69, 9.17) is 0 Å². The van der Waals surface area contributed by atoms with Gasteiger partial charge in [0, 0.05) is 5.41 Å². The van der Waals surface area contributed by atoms with Crippen LogP contribution in [0.3, 0.4) is 0 Å². The molecular formula is C12H20O. The summed E-state index contributed by atoms with van der Waals surface area (Å²) in [4.78, 5) is 10.9. The smallest absolute Gasteiger partial charge is 0.126 e. The van der Waals surface area contributed by atoms with Gasteiger partial charge in [-0.2, -0.15) is 0 Å². The van der Waals surface area contributed by atoms with Crippen molar-refractivity contribution in [1.82, 2.24) is 0 Å². The van der Waals surface area contributed by atoms with Gasteiger partial charge in [-0.3, -0.25) is 0 Å². The van der Waals surface area contributed by atoms with Crippen LogP contribution >= 0.6 is 0 Å². The molecule has 0 aromatic rings. The summed E-state index contributed by atoms with van der Waals surface area (Å²) in [5, 5.41) is 0. The van der Waals surface area contributed by atoms with Gasteiger partial charge in [0.2, 0.25) is 0 Å². The molecular weight excluding hydrogens is 160 g/mol. The molecule has 0 aromatic heterocycles. The lowest BCUT2D eigenvalue weighted by Gasteiger charge is -2.36. The van der Waals surface area contributed by atoms with Crippen molar-refractivity contribution in [3.05, 3.63) is 11.1 Å². The zero-order valence-electron chi connectivity index (χ0n) is 9.02. The van der Waals surface area contributed by atoms with Crippen LogP contribution in [0, 0.1) is 5.41 Å². The fraction of sp³-hybridized carbons (Fsp3) is 0.750. The number of hydrogen-bond donors (Lipinski definition) is 0. The third-order valence-electron chi connectivity index (χ3n) is 3.45. The molecule has 0 atom stereocenters. The fourth-order valence-electron chi connectivity index (χ4n) is 1.74. The van der Waals surface area contributed by atoms with E-state index >= 15 is 0 Å². The van der Waals surface area contributed by atoms with E-state index in [9.17, 15) is 4.79 Å². The molecule has 1 heteroatoms. The Kier molecular flexibility index (Phi) is 3.29. The molecule has 1 nitrogen and oxygen atoms in total. The maximum atomic E-state index is 10.9. The van der Waals surface area contributed by atoms with Crippen LogP contribution in [-0.4, -0.2) is 6.29 Å². The van der Waals surface area contributed by atoms with Gasteiger partial charge < -0.3 is 4.79 Å². The molecule has 0 unspecified atom stereocenters. The van der Waals surface area contributed by atoms with E-state index in [0.29, 0.717) is 0 Å². The predicted molar refractivity (Wildman–Crippen MR) is 55.6 cm³/mol. The van der Waals surface area contributed by atoms with E-state index < -0.39 is 0 Å². The molecule has 0 radical (unpaired) electrons. The summed E-state index contributed by atoms with van der Waals surface area (Å²) in [6.07, 6.45) is 6.83.